The molecule has 2 atom stereocenters. The highest BCUT2D eigenvalue weighted by molar-refractivity contribution is 7.90. The van der Waals surface area contributed by atoms with Gasteiger partial charge in [0.05, 0.1) is 12.6 Å². The molecule has 27 heavy (non-hydrogen) atoms. The van der Waals surface area contributed by atoms with Gasteiger partial charge in [0.2, 0.25) is 0 Å². The molecular formula is C20H35F2NO2SSi. The molecule has 3 nitrogen and oxygen atoms in total. The van der Waals surface area contributed by atoms with E-state index in [1.807, 2.05) is 20.8 Å². The van der Waals surface area contributed by atoms with Gasteiger partial charge in [0.1, 0.15) is 4.75 Å². The Morgan fingerprint density at radius 2 is 1.67 bits per heavy atom. The van der Waals surface area contributed by atoms with Crippen LogP contribution >= 0.6 is 0 Å². The fourth-order valence-corrected chi connectivity index (χ4v) is 3.87. The van der Waals surface area contributed by atoms with Crippen molar-refractivity contribution in [2.75, 3.05) is 6.61 Å². The monoisotopic (exact) mass is 419 g/mol. The Morgan fingerprint density at radius 3 is 2.11 bits per heavy atom. The van der Waals surface area contributed by atoms with E-state index in [0.717, 1.165) is 6.92 Å². The first kappa shape index (κ1) is 24.6. The number of alkyl halides is 2. The van der Waals surface area contributed by atoms with Crippen molar-refractivity contribution < 1.29 is 17.8 Å². The van der Waals surface area contributed by atoms with Crippen molar-refractivity contribution in [2.24, 2.45) is 0 Å². The van der Waals surface area contributed by atoms with Gasteiger partial charge < -0.3 is 8.98 Å². The molecule has 156 valence electrons. The highest BCUT2D eigenvalue weighted by Gasteiger charge is 2.39. The zero-order valence-corrected chi connectivity index (χ0v) is 19.9. The summed E-state index contributed by atoms with van der Waals surface area (Å²) in [5.74, 6) is -2.93. The van der Waals surface area contributed by atoms with E-state index in [1.165, 1.54) is 12.1 Å². The van der Waals surface area contributed by atoms with Crippen LogP contribution in [0.5, 0.6) is 0 Å². The summed E-state index contributed by atoms with van der Waals surface area (Å²) >= 11 is -1.35. The number of hydrogen-bond donors (Lipinski definition) is 1. The standard InChI is InChI=1S/C20H35F2NO2SSi/c1-18(2,3)26(24)23-17(14-25-27(8,9)19(4,5)6)15-11-10-12-16(13-15)20(7,21)22/h10-13,17,23H,14H2,1-9H3. The van der Waals surface area contributed by atoms with Crippen molar-refractivity contribution in [3.63, 3.8) is 0 Å². The molecule has 0 spiro atoms. The lowest BCUT2D eigenvalue weighted by atomic mass is 10.0. The van der Waals surface area contributed by atoms with Crippen LogP contribution < -0.4 is 4.72 Å². The highest BCUT2D eigenvalue weighted by Crippen LogP contribution is 2.37. The minimum atomic E-state index is -2.93. The fourth-order valence-electron chi connectivity index (χ4n) is 2.04. The van der Waals surface area contributed by atoms with Crippen LogP contribution in [-0.2, 0) is 21.7 Å². The zero-order valence-electron chi connectivity index (χ0n) is 18.1. The van der Waals surface area contributed by atoms with Crippen LogP contribution in [0.1, 0.15) is 65.6 Å². The largest absolute Gasteiger partial charge is 0.598 e. The Balaban J connectivity index is 3.16. The minimum absolute atomic E-state index is 0.0268. The molecular weight excluding hydrogens is 384 g/mol. The Kier molecular flexibility index (Phi) is 7.73. The summed E-state index contributed by atoms with van der Waals surface area (Å²) in [6.07, 6.45) is 0. The van der Waals surface area contributed by atoms with Crippen LogP contribution in [0.25, 0.3) is 0 Å². The fraction of sp³-hybridized carbons (Fsp3) is 0.700. The summed E-state index contributed by atoms with van der Waals surface area (Å²) in [6.45, 7) is 17.5. The molecule has 0 aliphatic carbocycles. The van der Waals surface area contributed by atoms with Crippen LogP contribution in [-0.4, -0.2) is 24.2 Å². The SMILES string of the molecule is CC(F)(F)c1cccc(C(CO[Si](C)(C)C(C)(C)C)N[S+]([O-])C(C)(C)C)c1. The lowest BCUT2D eigenvalue weighted by molar-refractivity contribution is 0.0173. The molecule has 0 heterocycles. The maximum atomic E-state index is 13.8. The average Bonchev–Trinajstić information content (AvgIpc) is 2.48. The van der Waals surface area contributed by atoms with Gasteiger partial charge in [0, 0.05) is 23.8 Å². The predicted octanol–water partition coefficient (Wildman–Crippen LogP) is 5.91. The van der Waals surface area contributed by atoms with Crippen molar-refractivity contribution in [2.45, 2.75) is 83.3 Å². The number of nitrogens with one attached hydrogen (secondary N) is 1. The molecule has 0 aliphatic heterocycles. The summed E-state index contributed by atoms with van der Waals surface area (Å²) in [4.78, 5) is 0. The van der Waals surface area contributed by atoms with E-state index >= 15 is 0 Å². The summed E-state index contributed by atoms with van der Waals surface area (Å²) in [5, 5.41) is 0.0268. The molecule has 0 saturated carbocycles. The van der Waals surface area contributed by atoms with E-state index in [1.54, 1.807) is 12.1 Å². The van der Waals surface area contributed by atoms with Gasteiger partial charge in [0.15, 0.2) is 8.32 Å². The summed E-state index contributed by atoms with van der Waals surface area (Å²) < 4.78 is 49.1. The second kappa shape index (κ2) is 8.49. The van der Waals surface area contributed by atoms with Crippen molar-refractivity contribution in [1.82, 2.24) is 4.72 Å². The second-order valence-corrected chi connectivity index (χ2v) is 16.4. The molecule has 0 radical (unpaired) electrons. The summed E-state index contributed by atoms with van der Waals surface area (Å²) in [6, 6.07) is 5.86. The van der Waals surface area contributed by atoms with Gasteiger partial charge in [-0.3, -0.25) is 0 Å². The number of halogens is 2. The number of rotatable bonds is 7. The van der Waals surface area contributed by atoms with Crippen LogP contribution in [0.15, 0.2) is 24.3 Å². The molecule has 1 rings (SSSR count). The molecule has 0 aliphatic rings. The predicted molar refractivity (Wildman–Crippen MR) is 113 cm³/mol. The lowest BCUT2D eigenvalue weighted by Crippen LogP contribution is -2.46. The number of benzene rings is 1. The second-order valence-electron chi connectivity index (χ2n) is 9.64. The average molecular weight is 420 g/mol. The van der Waals surface area contributed by atoms with E-state index in [2.05, 4.69) is 38.6 Å². The Labute approximate surface area is 167 Å². The van der Waals surface area contributed by atoms with Gasteiger partial charge in [-0.1, -0.05) is 39.0 Å². The van der Waals surface area contributed by atoms with Crippen LogP contribution in [0.2, 0.25) is 18.1 Å². The molecule has 1 aromatic carbocycles. The maximum absolute atomic E-state index is 13.8. The zero-order chi connectivity index (χ0) is 21.3. The smallest absolute Gasteiger partial charge is 0.270 e. The van der Waals surface area contributed by atoms with E-state index in [-0.39, 0.29) is 17.2 Å². The summed E-state index contributed by atoms with van der Waals surface area (Å²) in [7, 11) is -2.03. The molecule has 0 aromatic heterocycles. The third-order valence-corrected chi connectivity index (χ3v) is 11.1. The van der Waals surface area contributed by atoms with E-state index < -0.39 is 36.4 Å². The molecule has 0 amide bonds. The first-order chi connectivity index (χ1) is 11.9. The minimum Gasteiger partial charge on any atom is -0.598 e. The Hall–Kier alpha value is -0.473. The molecule has 1 N–H and O–H groups in total. The molecule has 0 fully saturated rings. The molecule has 0 saturated heterocycles. The molecule has 2 unspecified atom stereocenters. The third-order valence-electron chi connectivity index (χ3n) is 5.02. The highest BCUT2D eigenvalue weighted by atomic mass is 32.2. The topological polar surface area (TPSA) is 44.3 Å². The van der Waals surface area contributed by atoms with Crippen molar-refractivity contribution in [3.05, 3.63) is 35.4 Å². The van der Waals surface area contributed by atoms with Gasteiger partial charge >= 0.3 is 0 Å². The summed E-state index contributed by atoms with van der Waals surface area (Å²) in [5.41, 5.74) is 0.603. The van der Waals surface area contributed by atoms with Crippen LogP contribution in [0.4, 0.5) is 8.78 Å². The van der Waals surface area contributed by atoms with Crippen LogP contribution in [0, 0.1) is 0 Å². The number of hydrogen-bond acceptors (Lipinski definition) is 3. The van der Waals surface area contributed by atoms with Crippen LogP contribution in [0.3, 0.4) is 0 Å². The molecule has 0 bridgehead atoms. The van der Waals surface area contributed by atoms with Gasteiger partial charge in [0.25, 0.3) is 5.92 Å². The Morgan fingerprint density at radius 1 is 1.11 bits per heavy atom. The van der Waals surface area contributed by atoms with E-state index in [0.29, 0.717) is 5.56 Å². The van der Waals surface area contributed by atoms with E-state index in [4.69, 9.17) is 4.43 Å². The van der Waals surface area contributed by atoms with Crippen molar-refractivity contribution in [3.8, 4) is 0 Å². The Bertz CT molecular complexity index is 622. The quantitative estimate of drug-likeness (QED) is 0.441. The van der Waals surface area contributed by atoms with Crippen molar-refractivity contribution >= 4 is 19.7 Å². The first-order valence-corrected chi connectivity index (χ1v) is 13.3. The molecule has 1 aromatic rings. The van der Waals surface area contributed by atoms with Gasteiger partial charge in [-0.2, -0.15) is 0 Å². The normalized spacial score (nSPS) is 16.3. The first-order valence-electron chi connectivity index (χ1n) is 9.25. The molecule has 7 heteroatoms. The van der Waals surface area contributed by atoms with Gasteiger partial charge in [-0.25, -0.2) is 8.78 Å². The van der Waals surface area contributed by atoms with Crippen molar-refractivity contribution in [1.29, 1.82) is 0 Å². The van der Waals surface area contributed by atoms with E-state index in [9.17, 15) is 13.3 Å². The third kappa shape index (κ3) is 7.13. The lowest BCUT2D eigenvalue weighted by Gasteiger charge is -2.38. The maximum Gasteiger partial charge on any atom is 0.270 e. The van der Waals surface area contributed by atoms with Gasteiger partial charge in [-0.05, 0) is 50.5 Å². The van der Waals surface area contributed by atoms with Gasteiger partial charge in [-0.15, -0.1) is 4.72 Å².